The van der Waals surface area contributed by atoms with Gasteiger partial charge in [0.05, 0.1) is 23.6 Å². The number of carbonyl (C=O) groups is 2. The molecule has 1 aliphatic rings. The third kappa shape index (κ3) is 4.09. The molecule has 1 aromatic heterocycles. The van der Waals surface area contributed by atoms with Crippen molar-refractivity contribution in [2.45, 2.75) is 13.0 Å². The lowest BCUT2D eigenvalue weighted by Gasteiger charge is -2.00. The predicted molar refractivity (Wildman–Crippen MR) is 96.4 cm³/mol. The maximum atomic E-state index is 11.8. The van der Waals surface area contributed by atoms with E-state index in [1.54, 1.807) is 36.5 Å². The Bertz CT molecular complexity index is 889. The molecule has 0 atom stereocenters. The molecule has 2 aromatic rings. The van der Waals surface area contributed by atoms with Crippen molar-refractivity contribution >= 4 is 46.5 Å². The van der Waals surface area contributed by atoms with Crippen molar-refractivity contribution in [1.29, 1.82) is 5.41 Å². The highest BCUT2D eigenvalue weighted by Gasteiger charge is 2.23. The maximum Gasteiger partial charge on any atom is 0.305 e. The lowest BCUT2D eigenvalue weighted by atomic mass is 10.1. The van der Waals surface area contributed by atoms with E-state index >= 15 is 0 Å². The molecule has 3 N–H and O–H groups in total. The highest BCUT2D eigenvalue weighted by Crippen LogP contribution is 2.30. The standard InChI is InChI=1S/C16H13ClN4O3S/c17-11-3-1-9(2-4-11)14-10(7-12-15(24)19-16(18)25-12)8-21(20-14)6-5-13(22)23/h1-4,7-8H,5-6H2,(H,22,23)(H2,18,19,24)/b12-7-. The lowest BCUT2D eigenvalue weighted by Crippen LogP contribution is -2.18. The first-order chi connectivity index (χ1) is 11.9. The summed E-state index contributed by atoms with van der Waals surface area (Å²) < 4.78 is 1.54. The van der Waals surface area contributed by atoms with Gasteiger partial charge in [-0.2, -0.15) is 5.10 Å². The van der Waals surface area contributed by atoms with Crippen molar-refractivity contribution in [2.75, 3.05) is 0 Å². The van der Waals surface area contributed by atoms with E-state index in [-0.39, 0.29) is 24.0 Å². The largest absolute Gasteiger partial charge is 0.481 e. The number of halogens is 1. The van der Waals surface area contributed by atoms with E-state index in [9.17, 15) is 9.59 Å². The van der Waals surface area contributed by atoms with Crippen LogP contribution in [0.3, 0.4) is 0 Å². The number of rotatable bonds is 5. The Balaban J connectivity index is 2.00. The summed E-state index contributed by atoms with van der Waals surface area (Å²) in [7, 11) is 0. The van der Waals surface area contributed by atoms with Gasteiger partial charge in [-0.15, -0.1) is 0 Å². The molecule has 1 amide bonds. The summed E-state index contributed by atoms with van der Waals surface area (Å²) in [6, 6.07) is 7.07. The summed E-state index contributed by atoms with van der Waals surface area (Å²) in [5, 5.41) is 23.9. The number of aliphatic carboxylic acids is 1. The fourth-order valence-corrected chi connectivity index (χ4v) is 3.10. The summed E-state index contributed by atoms with van der Waals surface area (Å²) in [5.41, 5.74) is 2.07. The number of carboxylic acids is 1. The van der Waals surface area contributed by atoms with Crippen LogP contribution in [0.15, 0.2) is 35.4 Å². The van der Waals surface area contributed by atoms with Crippen molar-refractivity contribution < 1.29 is 14.7 Å². The molecule has 9 heteroatoms. The SMILES string of the molecule is N=C1NC(=O)/C(=C/c2cn(CCC(=O)O)nc2-c2ccc(Cl)cc2)S1. The van der Waals surface area contributed by atoms with Gasteiger partial charge in [0.2, 0.25) is 0 Å². The summed E-state index contributed by atoms with van der Waals surface area (Å²) >= 11 is 6.95. The molecule has 25 heavy (non-hydrogen) atoms. The number of thioether (sulfide) groups is 1. The van der Waals surface area contributed by atoms with Gasteiger partial charge < -0.3 is 10.4 Å². The number of hydrogen-bond acceptors (Lipinski definition) is 5. The van der Waals surface area contributed by atoms with Crippen LogP contribution >= 0.6 is 23.4 Å². The first-order valence-electron chi connectivity index (χ1n) is 7.27. The van der Waals surface area contributed by atoms with E-state index in [0.29, 0.717) is 21.2 Å². The van der Waals surface area contributed by atoms with Crippen molar-refractivity contribution in [2.24, 2.45) is 0 Å². The van der Waals surface area contributed by atoms with Crippen LogP contribution in [0.2, 0.25) is 5.02 Å². The number of nitrogens with zero attached hydrogens (tertiary/aromatic N) is 2. The highest BCUT2D eigenvalue weighted by molar-refractivity contribution is 8.18. The Hall–Kier alpha value is -2.58. The second-order valence-electron chi connectivity index (χ2n) is 5.24. The van der Waals surface area contributed by atoms with Crippen molar-refractivity contribution in [1.82, 2.24) is 15.1 Å². The molecule has 0 radical (unpaired) electrons. The number of aryl methyl sites for hydroxylation is 1. The third-order valence-electron chi connectivity index (χ3n) is 3.41. The average molecular weight is 377 g/mol. The normalized spacial score (nSPS) is 15.6. The molecular weight excluding hydrogens is 364 g/mol. The minimum atomic E-state index is -0.914. The maximum absolute atomic E-state index is 11.8. The topological polar surface area (TPSA) is 108 Å². The number of aromatic nitrogens is 2. The molecule has 0 saturated carbocycles. The number of nitrogens with one attached hydrogen (secondary N) is 2. The van der Waals surface area contributed by atoms with Crippen LogP contribution in [0.5, 0.6) is 0 Å². The van der Waals surface area contributed by atoms with Crippen molar-refractivity contribution in [3.8, 4) is 11.3 Å². The van der Waals surface area contributed by atoms with Crippen LogP contribution in [0.1, 0.15) is 12.0 Å². The van der Waals surface area contributed by atoms with E-state index in [1.165, 1.54) is 4.68 Å². The fraction of sp³-hybridized carbons (Fsp3) is 0.125. The quantitative estimate of drug-likeness (QED) is 0.695. The molecule has 7 nitrogen and oxygen atoms in total. The summed E-state index contributed by atoms with van der Waals surface area (Å²) in [4.78, 5) is 23.0. The van der Waals surface area contributed by atoms with Gasteiger partial charge in [-0.05, 0) is 30.0 Å². The Labute approximate surface area is 152 Å². The van der Waals surface area contributed by atoms with Gasteiger partial charge in [-0.3, -0.25) is 19.7 Å². The van der Waals surface area contributed by atoms with E-state index < -0.39 is 5.97 Å². The predicted octanol–water partition coefficient (Wildman–Crippen LogP) is 2.82. The van der Waals surface area contributed by atoms with E-state index in [0.717, 1.165) is 17.3 Å². The number of benzene rings is 1. The van der Waals surface area contributed by atoms with Crippen LogP contribution < -0.4 is 5.32 Å². The number of carboxylic acid groups (broad SMARTS) is 1. The Morgan fingerprint density at radius 3 is 2.72 bits per heavy atom. The van der Waals surface area contributed by atoms with E-state index in [2.05, 4.69) is 10.4 Å². The van der Waals surface area contributed by atoms with E-state index in [4.69, 9.17) is 22.1 Å². The monoisotopic (exact) mass is 376 g/mol. The molecule has 3 rings (SSSR count). The van der Waals surface area contributed by atoms with Crippen LogP contribution in [0.4, 0.5) is 0 Å². The summed E-state index contributed by atoms with van der Waals surface area (Å²) in [6.45, 7) is 0.217. The number of hydrogen-bond donors (Lipinski definition) is 3. The molecule has 0 bridgehead atoms. The first kappa shape index (κ1) is 17.2. The molecule has 2 heterocycles. The number of carbonyl (C=O) groups excluding carboxylic acids is 1. The van der Waals surface area contributed by atoms with Crippen molar-refractivity contribution in [3.05, 3.63) is 46.0 Å². The second kappa shape index (κ2) is 7.12. The number of amides is 1. The molecule has 1 saturated heterocycles. The molecule has 0 aliphatic carbocycles. The minimum absolute atomic E-state index is 0.0579. The van der Waals surface area contributed by atoms with Gasteiger partial charge >= 0.3 is 5.97 Å². The zero-order valence-electron chi connectivity index (χ0n) is 12.8. The number of amidine groups is 1. The molecule has 1 aromatic carbocycles. The smallest absolute Gasteiger partial charge is 0.305 e. The molecule has 1 fully saturated rings. The Morgan fingerprint density at radius 2 is 2.12 bits per heavy atom. The van der Waals surface area contributed by atoms with Crippen LogP contribution in [-0.4, -0.2) is 31.9 Å². The van der Waals surface area contributed by atoms with Crippen LogP contribution in [0, 0.1) is 5.41 Å². The zero-order chi connectivity index (χ0) is 18.0. The molecular formula is C16H13ClN4O3S. The average Bonchev–Trinajstić information content (AvgIpc) is 3.09. The summed E-state index contributed by atoms with van der Waals surface area (Å²) in [5.74, 6) is -1.25. The van der Waals surface area contributed by atoms with Gasteiger partial charge in [0.1, 0.15) is 0 Å². The van der Waals surface area contributed by atoms with E-state index in [1.807, 2.05) is 0 Å². The molecule has 0 spiro atoms. The minimum Gasteiger partial charge on any atom is -0.481 e. The van der Waals surface area contributed by atoms with Gasteiger partial charge in [-0.1, -0.05) is 23.7 Å². The van der Waals surface area contributed by atoms with Crippen LogP contribution in [0.25, 0.3) is 17.3 Å². The van der Waals surface area contributed by atoms with Crippen molar-refractivity contribution in [3.63, 3.8) is 0 Å². The molecule has 128 valence electrons. The highest BCUT2D eigenvalue weighted by atomic mass is 35.5. The Kier molecular flexibility index (Phi) is 4.91. The second-order valence-corrected chi connectivity index (χ2v) is 6.73. The first-order valence-corrected chi connectivity index (χ1v) is 8.46. The summed E-state index contributed by atoms with van der Waals surface area (Å²) in [6.07, 6.45) is 3.28. The fourth-order valence-electron chi connectivity index (χ4n) is 2.28. The zero-order valence-corrected chi connectivity index (χ0v) is 14.4. The lowest BCUT2D eigenvalue weighted by molar-refractivity contribution is -0.137. The molecule has 1 aliphatic heterocycles. The van der Waals surface area contributed by atoms with Gasteiger partial charge in [0, 0.05) is 22.3 Å². The van der Waals surface area contributed by atoms with Gasteiger partial charge in [0.15, 0.2) is 5.17 Å². The van der Waals surface area contributed by atoms with Gasteiger partial charge in [-0.25, -0.2) is 0 Å². The molecule has 0 unspecified atom stereocenters. The third-order valence-corrected chi connectivity index (χ3v) is 4.49. The Morgan fingerprint density at radius 1 is 1.40 bits per heavy atom. The van der Waals surface area contributed by atoms with Crippen LogP contribution in [-0.2, 0) is 16.1 Å². The van der Waals surface area contributed by atoms with Gasteiger partial charge in [0.25, 0.3) is 5.91 Å².